The van der Waals surface area contributed by atoms with Gasteiger partial charge in [-0.1, -0.05) is 33.6 Å². The molecule has 0 bridgehead atoms. The Labute approximate surface area is 204 Å². The summed E-state index contributed by atoms with van der Waals surface area (Å²) in [5, 5.41) is 70.3. The molecule has 0 aliphatic carbocycles. The van der Waals surface area contributed by atoms with Gasteiger partial charge in [0.05, 0.1) is 48.6 Å². The van der Waals surface area contributed by atoms with Crippen LogP contribution in [0.5, 0.6) is 0 Å². The van der Waals surface area contributed by atoms with Crippen molar-refractivity contribution < 1.29 is 45.3 Å². The van der Waals surface area contributed by atoms with E-state index in [-0.39, 0.29) is 50.5 Å². The minimum absolute atomic E-state index is 0.00243. The number of unbranched alkanes of at least 4 members (excludes halogenated alkanes) is 1. The number of carbonyl (C=O) groups excluding carboxylic acids is 1. The molecule has 7 N–H and O–H groups in total. The summed E-state index contributed by atoms with van der Waals surface area (Å²) in [4.78, 5) is 12.6. The summed E-state index contributed by atoms with van der Waals surface area (Å²) in [5.41, 5.74) is 0. The van der Waals surface area contributed by atoms with Crippen molar-refractivity contribution in [1.82, 2.24) is 0 Å². The number of aliphatic hydroxyl groups excluding tert-OH is 7. The Kier molecular flexibility index (Phi) is 17.2. The molecule has 0 aromatic rings. The van der Waals surface area contributed by atoms with Crippen LogP contribution in [0.25, 0.3) is 0 Å². The highest BCUT2D eigenvalue weighted by Gasteiger charge is 2.31. The van der Waals surface area contributed by atoms with Crippen LogP contribution >= 0.6 is 0 Å². The Balaban J connectivity index is 4.65. The highest BCUT2D eigenvalue weighted by atomic mass is 16.5. The third-order valence-corrected chi connectivity index (χ3v) is 6.18. The Hall–Kier alpha value is -0.810. The van der Waals surface area contributed by atoms with Crippen LogP contribution in [-0.4, -0.2) is 90.5 Å². The van der Waals surface area contributed by atoms with E-state index in [1.807, 2.05) is 20.8 Å². The predicted octanol–water partition coefficient (Wildman–Crippen LogP) is 1.27. The van der Waals surface area contributed by atoms with Gasteiger partial charge in [-0.25, -0.2) is 0 Å². The van der Waals surface area contributed by atoms with Crippen molar-refractivity contribution in [2.45, 2.75) is 141 Å². The van der Waals surface area contributed by atoms with Crippen LogP contribution in [0.15, 0.2) is 0 Å². The molecule has 0 fully saturated rings. The van der Waals surface area contributed by atoms with Gasteiger partial charge < -0.3 is 40.5 Å². The molecule has 9 atom stereocenters. The highest BCUT2D eigenvalue weighted by molar-refractivity contribution is 5.73. The van der Waals surface area contributed by atoms with Crippen molar-refractivity contribution >= 4 is 5.97 Å². The van der Waals surface area contributed by atoms with E-state index in [2.05, 4.69) is 0 Å². The molecule has 9 nitrogen and oxygen atoms in total. The first-order valence-corrected chi connectivity index (χ1v) is 12.7. The van der Waals surface area contributed by atoms with Crippen LogP contribution in [0, 0.1) is 11.8 Å². The molecule has 0 spiro atoms. The molecular formula is C25H50O9. The molecule has 0 aliphatic heterocycles. The van der Waals surface area contributed by atoms with E-state index in [4.69, 9.17) is 4.74 Å². The van der Waals surface area contributed by atoms with E-state index in [1.165, 1.54) is 6.92 Å². The van der Waals surface area contributed by atoms with Gasteiger partial charge in [-0.15, -0.1) is 0 Å². The second-order valence-electron chi connectivity index (χ2n) is 10.2. The van der Waals surface area contributed by atoms with Gasteiger partial charge in [-0.2, -0.15) is 0 Å². The molecule has 0 rings (SSSR count). The molecule has 0 aliphatic rings. The topological polar surface area (TPSA) is 168 Å². The quantitative estimate of drug-likeness (QED) is 0.131. The Morgan fingerprint density at radius 2 is 1.09 bits per heavy atom. The van der Waals surface area contributed by atoms with Crippen LogP contribution in [-0.2, 0) is 9.53 Å². The van der Waals surface area contributed by atoms with E-state index >= 15 is 0 Å². The zero-order valence-corrected chi connectivity index (χ0v) is 21.6. The largest absolute Gasteiger partial charge is 0.462 e. The lowest BCUT2D eigenvalue weighted by molar-refractivity contribution is -0.160. The Morgan fingerprint density at radius 1 is 0.676 bits per heavy atom. The summed E-state index contributed by atoms with van der Waals surface area (Å²) in [7, 11) is 0. The monoisotopic (exact) mass is 494 g/mol. The van der Waals surface area contributed by atoms with Crippen molar-refractivity contribution in [3.05, 3.63) is 0 Å². The number of esters is 1. The average molecular weight is 495 g/mol. The number of rotatable bonds is 19. The number of carbonyl (C=O) groups is 1. The second kappa shape index (κ2) is 17.6. The number of ether oxygens (including phenoxy) is 1. The summed E-state index contributed by atoms with van der Waals surface area (Å²) in [5.74, 6) is -1.11. The third-order valence-electron chi connectivity index (χ3n) is 6.18. The highest BCUT2D eigenvalue weighted by Crippen LogP contribution is 2.23. The molecule has 9 unspecified atom stereocenters. The molecule has 9 heteroatoms. The molecule has 0 saturated carbocycles. The fourth-order valence-corrected chi connectivity index (χ4v) is 3.87. The van der Waals surface area contributed by atoms with E-state index in [9.17, 15) is 40.5 Å². The number of aliphatic hydroxyl groups is 7. The van der Waals surface area contributed by atoms with Gasteiger partial charge in [0.25, 0.3) is 0 Å². The average Bonchev–Trinajstić information content (AvgIpc) is 2.66. The van der Waals surface area contributed by atoms with Crippen LogP contribution in [0.1, 0.15) is 92.4 Å². The summed E-state index contributed by atoms with van der Waals surface area (Å²) in [6.45, 7) is 9.18. The first kappa shape index (κ1) is 33.2. The number of hydrogen-bond acceptors (Lipinski definition) is 9. The lowest BCUT2D eigenvalue weighted by atomic mass is 9.90. The zero-order valence-electron chi connectivity index (χ0n) is 21.6. The van der Waals surface area contributed by atoms with Crippen LogP contribution in [0.2, 0.25) is 0 Å². The summed E-state index contributed by atoms with van der Waals surface area (Å²) in [6.07, 6.45) is -5.47. The van der Waals surface area contributed by atoms with Gasteiger partial charge in [0.1, 0.15) is 6.10 Å². The van der Waals surface area contributed by atoms with Gasteiger partial charge >= 0.3 is 5.97 Å². The van der Waals surface area contributed by atoms with Gasteiger partial charge in [0.2, 0.25) is 0 Å². The van der Waals surface area contributed by atoms with Crippen molar-refractivity contribution in [3.8, 4) is 0 Å². The van der Waals surface area contributed by atoms with E-state index in [1.54, 1.807) is 6.92 Å². The van der Waals surface area contributed by atoms with Gasteiger partial charge in [-0.05, 0) is 58.3 Å². The van der Waals surface area contributed by atoms with Crippen molar-refractivity contribution in [3.63, 3.8) is 0 Å². The lowest BCUT2D eigenvalue weighted by Crippen LogP contribution is -2.36. The van der Waals surface area contributed by atoms with Gasteiger partial charge in [0.15, 0.2) is 0 Å². The minimum atomic E-state index is -1.12. The maximum atomic E-state index is 12.6. The summed E-state index contributed by atoms with van der Waals surface area (Å²) >= 11 is 0. The van der Waals surface area contributed by atoms with Gasteiger partial charge in [0, 0.05) is 6.42 Å². The molecule has 204 valence electrons. The van der Waals surface area contributed by atoms with E-state index in [0.29, 0.717) is 6.42 Å². The number of hydrogen-bond donors (Lipinski definition) is 7. The molecule has 0 amide bonds. The lowest BCUT2D eigenvalue weighted by Gasteiger charge is -2.27. The normalized spacial score (nSPS) is 20.1. The smallest absolute Gasteiger partial charge is 0.311 e. The molecule has 0 aromatic heterocycles. The predicted molar refractivity (Wildman–Crippen MR) is 129 cm³/mol. The van der Waals surface area contributed by atoms with Crippen molar-refractivity contribution in [2.24, 2.45) is 11.8 Å². The molecule has 0 saturated heterocycles. The molecule has 34 heavy (non-hydrogen) atoms. The van der Waals surface area contributed by atoms with E-state index in [0.717, 1.165) is 12.8 Å². The zero-order chi connectivity index (χ0) is 26.4. The first-order chi connectivity index (χ1) is 15.8. The summed E-state index contributed by atoms with van der Waals surface area (Å²) in [6, 6.07) is 0. The SMILES string of the molecule is CCCCC(C(=O)OC(C)C(C)C)C(O)CC(O)CC(O)CC(O)CC(O)CC(O)CC(C)O. The maximum Gasteiger partial charge on any atom is 0.311 e. The van der Waals surface area contributed by atoms with Crippen LogP contribution < -0.4 is 0 Å². The fourth-order valence-electron chi connectivity index (χ4n) is 3.87. The second-order valence-corrected chi connectivity index (χ2v) is 10.2. The van der Waals surface area contributed by atoms with Crippen molar-refractivity contribution in [1.29, 1.82) is 0 Å². The molecular weight excluding hydrogens is 444 g/mol. The molecule has 0 aromatic carbocycles. The Morgan fingerprint density at radius 3 is 1.47 bits per heavy atom. The maximum absolute atomic E-state index is 12.6. The van der Waals surface area contributed by atoms with Crippen LogP contribution in [0.3, 0.4) is 0 Å². The van der Waals surface area contributed by atoms with E-state index < -0.39 is 54.6 Å². The van der Waals surface area contributed by atoms with Gasteiger partial charge in [-0.3, -0.25) is 4.79 Å². The standard InChI is InChI=1S/C25H50O9/c1-6-7-8-23(25(33)34-17(5)15(2)3)24(32)14-22(31)13-21(30)12-20(29)11-19(28)10-18(27)9-16(4)26/h15-24,26-32H,6-14H2,1-5H3. The summed E-state index contributed by atoms with van der Waals surface area (Å²) < 4.78 is 5.47. The first-order valence-electron chi connectivity index (χ1n) is 12.7. The molecule has 0 radical (unpaired) electrons. The fraction of sp³-hybridized carbons (Fsp3) is 0.960. The van der Waals surface area contributed by atoms with Crippen LogP contribution in [0.4, 0.5) is 0 Å². The third kappa shape index (κ3) is 15.2. The van der Waals surface area contributed by atoms with Crippen molar-refractivity contribution in [2.75, 3.05) is 0 Å². The molecule has 0 heterocycles. The minimum Gasteiger partial charge on any atom is -0.462 e. The Bertz CT molecular complexity index is 529.